The highest BCUT2D eigenvalue weighted by Crippen LogP contribution is 2.25. The van der Waals surface area contributed by atoms with Crippen LogP contribution in [0.3, 0.4) is 0 Å². The third-order valence-electron chi connectivity index (χ3n) is 4.70. The van der Waals surface area contributed by atoms with Crippen LogP contribution >= 0.6 is 11.8 Å². The van der Waals surface area contributed by atoms with Gasteiger partial charge in [-0.1, -0.05) is 31.4 Å². The Balaban J connectivity index is 1.94. The fourth-order valence-corrected chi connectivity index (χ4v) is 4.07. The number of nitrogens with zero attached hydrogens (tertiary/aromatic N) is 1. The number of hydrogen-bond donors (Lipinski definition) is 2. The molecule has 2 amide bonds. The lowest BCUT2D eigenvalue weighted by atomic mass is 9.94. The Morgan fingerprint density at radius 1 is 1.23 bits per heavy atom. The number of amides is 2. The van der Waals surface area contributed by atoms with Gasteiger partial charge >= 0.3 is 0 Å². The largest absolute Gasteiger partial charge is 0.350 e. The highest BCUT2D eigenvalue weighted by atomic mass is 32.2. The van der Waals surface area contributed by atoms with Crippen molar-refractivity contribution >= 4 is 23.6 Å². The number of nitrogens with one attached hydrogen (secondary N) is 1. The van der Waals surface area contributed by atoms with E-state index in [9.17, 15) is 9.59 Å². The molecule has 0 spiro atoms. The zero-order valence-electron chi connectivity index (χ0n) is 16.1. The van der Waals surface area contributed by atoms with E-state index in [0.717, 1.165) is 17.7 Å². The topological polar surface area (TPSA) is 75.4 Å². The van der Waals surface area contributed by atoms with E-state index in [4.69, 9.17) is 5.73 Å². The molecular weight excluding hydrogens is 346 g/mol. The van der Waals surface area contributed by atoms with Crippen molar-refractivity contribution in [2.75, 3.05) is 19.3 Å². The molecule has 26 heavy (non-hydrogen) atoms. The van der Waals surface area contributed by atoms with Crippen LogP contribution in [-0.2, 0) is 4.79 Å². The molecule has 1 aromatic carbocycles. The van der Waals surface area contributed by atoms with Crippen LogP contribution in [0.2, 0.25) is 0 Å². The number of thioether (sulfide) groups is 1. The summed E-state index contributed by atoms with van der Waals surface area (Å²) in [7, 11) is 1.90. The lowest BCUT2D eigenvalue weighted by Gasteiger charge is -2.31. The van der Waals surface area contributed by atoms with Gasteiger partial charge in [-0.2, -0.15) is 0 Å². The number of carbonyl (C=O) groups excluding carboxylic acids is 2. The fraction of sp³-hybridized carbons (Fsp3) is 0.600. The average Bonchev–Trinajstić information content (AvgIpc) is 2.64. The van der Waals surface area contributed by atoms with Gasteiger partial charge in [0, 0.05) is 30.1 Å². The Labute approximate surface area is 161 Å². The van der Waals surface area contributed by atoms with Crippen LogP contribution in [0.25, 0.3) is 0 Å². The first-order valence-electron chi connectivity index (χ1n) is 9.32. The summed E-state index contributed by atoms with van der Waals surface area (Å²) in [4.78, 5) is 27.7. The molecular formula is C20H31N3O2S. The molecule has 0 aromatic heterocycles. The minimum absolute atomic E-state index is 0.125. The van der Waals surface area contributed by atoms with Gasteiger partial charge in [0.25, 0.3) is 5.91 Å². The predicted molar refractivity (Wildman–Crippen MR) is 107 cm³/mol. The van der Waals surface area contributed by atoms with E-state index in [-0.39, 0.29) is 11.8 Å². The fourth-order valence-electron chi connectivity index (χ4n) is 3.10. The molecule has 0 atom stereocenters. The monoisotopic (exact) mass is 377 g/mol. The highest BCUT2D eigenvalue weighted by molar-refractivity contribution is 8.00. The first-order chi connectivity index (χ1) is 12.3. The van der Waals surface area contributed by atoms with E-state index >= 15 is 0 Å². The van der Waals surface area contributed by atoms with E-state index in [1.807, 2.05) is 44.0 Å². The van der Waals surface area contributed by atoms with Crippen molar-refractivity contribution < 1.29 is 9.59 Å². The second kappa shape index (κ2) is 9.42. The molecule has 0 bridgehead atoms. The van der Waals surface area contributed by atoms with Gasteiger partial charge in [-0.3, -0.25) is 9.59 Å². The minimum atomic E-state index is -0.462. The lowest BCUT2D eigenvalue weighted by Crippen LogP contribution is -2.45. The number of benzene rings is 1. The summed E-state index contributed by atoms with van der Waals surface area (Å²) in [5.41, 5.74) is 6.06. The Bertz CT molecular complexity index is 622. The summed E-state index contributed by atoms with van der Waals surface area (Å²) >= 11 is 1.43. The van der Waals surface area contributed by atoms with Crippen molar-refractivity contribution in [3.05, 3.63) is 29.8 Å². The molecule has 0 radical (unpaired) electrons. The standard InChI is InChI=1S/C20H31N3O2S/c1-20(2,21)14-22-19(25)16-11-7-8-12-17(16)26-13-18(24)23(3)15-9-5-4-6-10-15/h7-8,11-12,15H,4-6,9-10,13-14,21H2,1-3H3,(H,22,25). The Kier molecular flexibility index (Phi) is 7.53. The molecule has 1 saturated carbocycles. The molecule has 0 heterocycles. The summed E-state index contributed by atoms with van der Waals surface area (Å²) in [6.45, 7) is 4.13. The van der Waals surface area contributed by atoms with Gasteiger partial charge in [0.1, 0.15) is 0 Å². The zero-order chi connectivity index (χ0) is 19.2. The molecule has 1 aliphatic carbocycles. The van der Waals surface area contributed by atoms with Crippen LogP contribution in [0.4, 0.5) is 0 Å². The van der Waals surface area contributed by atoms with Crippen LogP contribution < -0.4 is 11.1 Å². The summed E-state index contributed by atoms with van der Waals surface area (Å²) in [6.07, 6.45) is 5.88. The lowest BCUT2D eigenvalue weighted by molar-refractivity contribution is -0.129. The molecule has 0 unspecified atom stereocenters. The number of nitrogens with two attached hydrogens (primary N) is 1. The van der Waals surface area contributed by atoms with E-state index < -0.39 is 5.54 Å². The Morgan fingerprint density at radius 2 is 1.88 bits per heavy atom. The van der Waals surface area contributed by atoms with Gasteiger partial charge < -0.3 is 16.0 Å². The molecule has 3 N–H and O–H groups in total. The van der Waals surface area contributed by atoms with Gasteiger partial charge in [-0.15, -0.1) is 11.8 Å². The normalized spacial score (nSPS) is 15.5. The second-order valence-electron chi connectivity index (χ2n) is 7.75. The van der Waals surface area contributed by atoms with Gasteiger partial charge in [-0.05, 0) is 38.8 Å². The van der Waals surface area contributed by atoms with Gasteiger partial charge in [0.05, 0.1) is 11.3 Å². The van der Waals surface area contributed by atoms with Crippen LogP contribution in [0.15, 0.2) is 29.2 Å². The molecule has 2 rings (SSSR count). The van der Waals surface area contributed by atoms with Crippen molar-refractivity contribution in [3.8, 4) is 0 Å². The van der Waals surface area contributed by atoms with E-state index in [1.54, 1.807) is 6.07 Å². The maximum absolute atomic E-state index is 12.5. The molecule has 1 fully saturated rings. The number of carbonyl (C=O) groups is 2. The average molecular weight is 378 g/mol. The number of rotatable bonds is 7. The van der Waals surface area contributed by atoms with Crippen LogP contribution in [0.1, 0.15) is 56.3 Å². The van der Waals surface area contributed by atoms with Crippen molar-refractivity contribution in [2.24, 2.45) is 5.73 Å². The van der Waals surface area contributed by atoms with Crippen LogP contribution in [0, 0.1) is 0 Å². The van der Waals surface area contributed by atoms with Crippen molar-refractivity contribution in [1.82, 2.24) is 10.2 Å². The van der Waals surface area contributed by atoms with Crippen LogP contribution in [0.5, 0.6) is 0 Å². The molecule has 6 heteroatoms. The second-order valence-corrected chi connectivity index (χ2v) is 8.77. The third-order valence-corrected chi connectivity index (χ3v) is 5.76. The molecule has 0 aliphatic heterocycles. The first-order valence-corrected chi connectivity index (χ1v) is 10.3. The zero-order valence-corrected chi connectivity index (χ0v) is 16.9. The van der Waals surface area contributed by atoms with Gasteiger partial charge in [-0.25, -0.2) is 0 Å². The summed E-state index contributed by atoms with van der Waals surface area (Å²) in [6, 6.07) is 7.77. The van der Waals surface area contributed by atoms with Gasteiger partial charge in [0.2, 0.25) is 5.91 Å². The molecule has 5 nitrogen and oxygen atoms in total. The van der Waals surface area contributed by atoms with Gasteiger partial charge in [0.15, 0.2) is 0 Å². The van der Waals surface area contributed by atoms with Crippen molar-refractivity contribution in [3.63, 3.8) is 0 Å². The Morgan fingerprint density at radius 3 is 2.54 bits per heavy atom. The summed E-state index contributed by atoms with van der Waals surface area (Å²) < 4.78 is 0. The van der Waals surface area contributed by atoms with Crippen molar-refractivity contribution in [2.45, 2.75) is 62.4 Å². The molecule has 1 aliphatic rings. The van der Waals surface area contributed by atoms with E-state index in [1.165, 1.54) is 31.0 Å². The Hall–Kier alpha value is -1.53. The first kappa shape index (κ1) is 20.8. The summed E-state index contributed by atoms with van der Waals surface area (Å²) in [5.74, 6) is 0.319. The summed E-state index contributed by atoms with van der Waals surface area (Å²) in [5, 5.41) is 2.87. The maximum Gasteiger partial charge on any atom is 0.252 e. The van der Waals surface area contributed by atoms with E-state index in [2.05, 4.69) is 5.32 Å². The SMILES string of the molecule is CN(C(=O)CSc1ccccc1C(=O)NCC(C)(C)N)C1CCCCC1. The predicted octanol–water partition coefficient (Wildman–Crippen LogP) is 3.04. The minimum Gasteiger partial charge on any atom is -0.350 e. The number of hydrogen-bond acceptors (Lipinski definition) is 4. The molecule has 144 valence electrons. The maximum atomic E-state index is 12.5. The third kappa shape index (κ3) is 6.32. The molecule has 0 saturated heterocycles. The smallest absolute Gasteiger partial charge is 0.252 e. The quantitative estimate of drug-likeness (QED) is 0.716. The highest BCUT2D eigenvalue weighted by Gasteiger charge is 2.22. The van der Waals surface area contributed by atoms with Crippen LogP contribution in [-0.4, -0.2) is 47.6 Å². The van der Waals surface area contributed by atoms with E-state index in [0.29, 0.717) is 23.9 Å². The molecule has 1 aromatic rings. The van der Waals surface area contributed by atoms with Crippen molar-refractivity contribution in [1.29, 1.82) is 0 Å².